The second-order valence-corrected chi connectivity index (χ2v) is 10.4. The van der Waals surface area contributed by atoms with Gasteiger partial charge < -0.3 is 41.0 Å². The first-order valence-corrected chi connectivity index (χ1v) is 14.7. The molecule has 5 rings (SSSR count). The number of hydrogen-bond donors (Lipinski definition) is 5. The topological polar surface area (TPSA) is 207 Å². The maximum Gasteiger partial charge on any atom is 0.409 e. The van der Waals surface area contributed by atoms with Crippen molar-refractivity contribution in [3.05, 3.63) is 12.2 Å². The number of amides is 3. The number of anilines is 1. The molecule has 3 amide bonds. The molecular weight excluding hydrogens is 560 g/mol. The van der Waals surface area contributed by atoms with Crippen LogP contribution in [-0.2, 0) is 19.1 Å². The molecule has 0 spiro atoms. The average molecular weight is 601 g/mol. The molecule has 43 heavy (non-hydrogen) atoms. The predicted molar refractivity (Wildman–Crippen MR) is 154 cm³/mol. The summed E-state index contributed by atoms with van der Waals surface area (Å²) < 4.78 is 12.4. The summed E-state index contributed by atoms with van der Waals surface area (Å²) in [5.41, 5.74) is 6.61. The van der Waals surface area contributed by atoms with Gasteiger partial charge in [0.15, 0.2) is 23.8 Å². The first-order valence-electron chi connectivity index (χ1n) is 14.7. The maximum absolute atomic E-state index is 12.4. The van der Waals surface area contributed by atoms with Crippen LogP contribution in [0.3, 0.4) is 0 Å². The third kappa shape index (κ3) is 7.15. The summed E-state index contributed by atoms with van der Waals surface area (Å²) in [6.07, 6.45) is -1.51. The fourth-order valence-electron chi connectivity index (χ4n) is 5.22. The SMILES string of the molecule is CC.CCNC(=O)[C@H]1O[C@@H](n2cnc3c(N)nc(C#CCC4CCN(C(=O)OCC5CCNC5=O)CC4)nc32)[C@@H](O)C1O. The molecule has 0 aliphatic carbocycles. The summed E-state index contributed by atoms with van der Waals surface area (Å²) in [6.45, 7) is 7.89. The Morgan fingerprint density at radius 3 is 2.63 bits per heavy atom. The number of piperidine rings is 1. The van der Waals surface area contributed by atoms with Crippen LogP contribution in [0, 0.1) is 23.7 Å². The van der Waals surface area contributed by atoms with Crippen molar-refractivity contribution < 1.29 is 34.1 Å². The van der Waals surface area contributed by atoms with E-state index in [9.17, 15) is 24.6 Å². The van der Waals surface area contributed by atoms with E-state index in [0.29, 0.717) is 39.0 Å². The Bertz CT molecular complexity index is 1360. The van der Waals surface area contributed by atoms with Gasteiger partial charge in [-0.05, 0) is 38.0 Å². The summed E-state index contributed by atoms with van der Waals surface area (Å²) >= 11 is 0. The summed E-state index contributed by atoms with van der Waals surface area (Å²) in [6, 6.07) is 0. The number of nitrogens with one attached hydrogen (secondary N) is 2. The molecule has 5 atom stereocenters. The molecule has 0 bridgehead atoms. The minimum atomic E-state index is -1.44. The molecule has 2 aromatic heterocycles. The molecule has 3 saturated heterocycles. The highest BCUT2D eigenvalue weighted by Crippen LogP contribution is 2.32. The number of nitrogen functional groups attached to an aromatic ring is 1. The van der Waals surface area contributed by atoms with Crippen LogP contribution in [0.15, 0.2) is 6.33 Å². The number of aliphatic hydroxyl groups is 2. The molecule has 3 aliphatic rings. The van der Waals surface area contributed by atoms with E-state index in [-0.39, 0.29) is 47.2 Å². The molecule has 3 fully saturated rings. The zero-order valence-electron chi connectivity index (χ0n) is 24.7. The Kier molecular flexibility index (Phi) is 10.7. The lowest BCUT2D eigenvalue weighted by atomic mass is 9.94. The van der Waals surface area contributed by atoms with Crippen LogP contribution in [0.1, 0.15) is 58.5 Å². The van der Waals surface area contributed by atoms with Gasteiger partial charge in [-0.3, -0.25) is 14.2 Å². The predicted octanol–water partition coefficient (Wildman–Crippen LogP) is -0.0837. The zero-order valence-corrected chi connectivity index (χ0v) is 24.7. The van der Waals surface area contributed by atoms with Crippen molar-refractivity contribution in [2.24, 2.45) is 11.8 Å². The largest absolute Gasteiger partial charge is 0.449 e. The number of imidazole rings is 1. The second-order valence-electron chi connectivity index (χ2n) is 10.4. The lowest BCUT2D eigenvalue weighted by Crippen LogP contribution is -2.42. The summed E-state index contributed by atoms with van der Waals surface area (Å²) in [5.74, 6) is 5.67. The molecule has 0 radical (unpaired) electrons. The number of carbonyl (C=O) groups excluding carboxylic acids is 3. The van der Waals surface area contributed by atoms with Gasteiger partial charge in [-0.15, -0.1) is 0 Å². The minimum absolute atomic E-state index is 0.0715. The van der Waals surface area contributed by atoms with Crippen LogP contribution in [0.25, 0.3) is 11.2 Å². The fourth-order valence-corrected chi connectivity index (χ4v) is 5.22. The molecule has 3 aliphatic heterocycles. The Hall–Kier alpha value is -4.00. The number of aromatic nitrogens is 4. The van der Waals surface area contributed by atoms with E-state index in [2.05, 4.69) is 37.4 Å². The van der Waals surface area contributed by atoms with Gasteiger partial charge in [-0.25, -0.2) is 19.7 Å². The van der Waals surface area contributed by atoms with Gasteiger partial charge in [-0.1, -0.05) is 19.8 Å². The number of hydrogen-bond acceptors (Lipinski definition) is 11. The molecule has 0 aromatic carbocycles. The summed E-state index contributed by atoms with van der Waals surface area (Å²) in [4.78, 5) is 50.8. The van der Waals surface area contributed by atoms with Crippen molar-refractivity contribution in [3.63, 3.8) is 0 Å². The van der Waals surface area contributed by atoms with E-state index in [1.165, 1.54) is 10.9 Å². The number of aliphatic hydroxyl groups excluding tert-OH is 2. The number of likely N-dealkylation sites (tertiary alicyclic amines) is 1. The lowest BCUT2D eigenvalue weighted by molar-refractivity contribution is -0.137. The van der Waals surface area contributed by atoms with Crippen molar-refractivity contribution in [1.29, 1.82) is 0 Å². The monoisotopic (exact) mass is 600 g/mol. The van der Waals surface area contributed by atoms with Gasteiger partial charge in [0.1, 0.15) is 24.3 Å². The van der Waals surface area contributed by atoms with Crippen LogP contribution in [0.4, 0.5) is 10.6 Å². The standard InChI is InChI=1S/C26H34N8O7.C2H6/c1-2-28-24(38)20-18(35)19(36)25(41-20)34-13-30-17-21(27)31-16(32-22(17)34)5-3-4-14-7-10-33(11-8-14)26(39)40-12-15-6-9-29-23(15)37;1-2/h13-15,18-20,25,35-36H,2,4,6-12H2,1H3,(H,28,38)(H,29,37)(H2,27,31,32);1-2H3/t15?,18?,19-,20-,25+;/m0./s1. The number of likely N-dealkylation sites (N-methyl/N-ethyl adjacent to an activating group) is 1. The molecule has 15 nitrogen and oxygen atoms in total. The molecule has 5 heterocycles. The van der Waals surface area contributed by atoms with Crippen LogP contribution in [-0.4, -0.2) is 104 Å². The third-order valence-corrected chi connectivity index (χ3v) is 7.60. The Balaban J connectivity index is 0.00000207. The van der Waals surface area contributed by atoms with E-state index in [0.717, 1.165) is 12.8 Å². The highest BCUT2D eigenvalue weighted by Gasteiger charge is 2.47. The first kappa shape index (κ1) is 31.9. The summed E-state index contributed by atoms with van der Waals surface area (Å²) in [7, 11) is 0. The highest BCUT2D eigenvalue weighted by atomic mass is 16.6. The van der Waals surface area contributed by atoms with E-state index in [1.54, 1.807) is 11.8 Å². The van der Waals surface area contributed by atoms with Crippen molar-refractivity contribution in [2.75, 3.05) is 38.5 Å². The Labute approximate surface area is 249 Å². The summed E-state index contributed by atoms with van der Waals surface area (Å²) in [5, 5.41) is 26.3. The van der Waals surface area contributed by atoms with E-state index in [4.69, 9.17) is 15.2 Å². The van der Waals surface area contributed by atoms with Crippen LogP contribution in [0.2, 0.25) is 0 Å². The van der Waals surface area contributed by atoms with Crippen molar-refractivity contribution in [2.45, 2.75) is 71.0 Å². The molecule has 15 heteroatoms. The Morgan fingerprint density at radius 2 is 1.95 bits per heavy atom. The maximum atomic E-state index is 12.4. The highest BCUT2D eigenvalue weighted by molar-refractivity contribution is 5.83. The van der Waals surface area contributed by atoms with E-state index < -0.39 is 36.5 Å². The minimum Gasteiger partial charge on any atom is -0.449 e. The van der Waals surface area contributed by atoms with Crippen molar-refractivity contribution in [3.8, 4) is 11.8 Å². The number of ether oxygens (including phenoxy) is 2. The molecular formula is C28H40N8O7. The van der Waals surface area contributed by atoms with Gasteiger partial charge in [0, 0.05) is 32.6 Å². The Morgan fingerprint density at radius 1 is 1.21 bits per heavy atom. The molecule has 2 unspecified atom stereocenters. The van der Waals surface area contributed by atoms with Gasteiger partial charge >= 0.3 is 6.09 Å². The molecule has 2 aromatic rings. The van der Waals surface area contributed by atoms with Gasteiger partial charge in [0.2, 0.25) is 11.7 Å². The number of fused-ring (bicyclic) bond motifs is 1. The second kappa shape index (κ2) is 14.5. The number of rotatable bonds is 6. The van der Waals surface area contributed by atoms with E-state index >= 15 is 0 Å². The molecule has 0 saturated carbocycles. The van der Waals surface area contributed by atoms with Crippen LogP contribution < -0.4 is 16.4 Å². The van der Waals surface area contributed by atoms with Gasteiger partial charge in [0.05, 0.1) is 12.2 Å². The fraction of sp³-hybridized carbons (Fsp3) is 0.643. The van der Waals surface area contributed by atoms with Crippen LogP contribution in [0.5, 0.6) is 0 Å². The zero-order chi connectivity index (χ0) is 31.1. The lowest BCUT2D eigenvalue weighted by Gasteiger charge is -2.30. The smallest absolute Gasteiger partial charge is 0.409 e. The number of nitrogens with zero attached hydrogens (tertiary/aromatic N) is 5. The quantitative estimate of drug-likeness (QED) is 0.277. The van der Waals surface area contributed by atoms with Gasteiger partial charge in [0.25, 0.3) is 5.91 Å². The first-order chi connectivity index (χ1) is 20.8. The van der Waals surface area contributed by atoms with Crippen LogP contribution >= 0.6 is 0 Å². The van der Waals surface area contributed by atoms with Gasteiger partial charge in [-0.2, -0.15) is 0 Å². The molecule has 234 valence electrons. The third-order valence-electron chi connectivity index (χ3n) is 7.60. The van der Waals surface area contributed by atoms with Crippen molar-refractivity contribution >= 4 is 34.9 Å². The molecule has 6 N–H and O–H groups in total. The number of carbonyl (C=O) groups is 3. The normalized spacial score (nSPS) is 25.4. The average Bonchev–Trinajstić information content (AvgIpc) is 3.70. The van der Waals surface area contributed by atoms with E-state index in [1.807, 2.05) is 13.8 Å². The number of nitrogens with two attached hydrogens (primary N) is 1. The van der Waals surface area contributed by atoms with Crippen molar-refractivity contribution in [1.82, 2.24) is 35.1 Å².